The fourth-order valence-corrected chi connectivity index (χ4v) is 3.10. The number of hydrogen-bond donors (Lipinski definition) is 1. The summed E-state index contributed by atoms with van der Waals surface area (Å²) in [5.74, 6) is -0.0376. The Morgan fingerprint density at radius 3 is 3.14 bits per heavy atom. The van der Waals surface area contributed by atoms with E-state index in [9.17, 15) is 4.79 Å². The molecule has 0 saturated carbocycles. The highest BCUT2D eigenvalue weighted by atomic mass is 16.5. The average Bonchev–Trinajstić information content (AvgIpc) is 3.11. The van der Waals surface area contributed by atoms with Gasteiger partial charge in [0, 0.05) is 32.7 Å². The van der Waals surface area contributed by atoms with Gasteiger partial charge in [0.05, 0.1) is 24.4 Å². The van der Waals surface area contributed by atoms with Gasteiger partial charge in [0.1, 0.15) is 0 Å². The molecule has 2 aliphatic heterocycles. The van der Waals surface area contributed by atoms with E-state index in [2.05, 4.69) is 16.1 Å². The third-order valence-corrected chi connectivity index (χ3v) is 4.40. The Labute approximate surface area is 124 Å². The predicted octanol–water partition coefficient (Wildman–Crippen LogP) is 1.14. The van der Waals surface area contributed by atoms with E-state index in [4.69, 9.17) is 9.84 Å². The lowest BCUT2D eigenvalue weighted by molar-refractivity contribution is -0.136. The van der Waals surface area contributed by atoms with Gasteiger partial charge < -0.3 is 9.84 Å². The highest BCUT2D eigenvalue weighted by Crippen LogP contribution is 2.19. The van der Waals surface area contributed by atoms with Crippen LogP contribution >= 0.6 is 0 Å². The minimum atomic E-state index is -0.763. The summed E-state index contributed by atoms with van der Waals surface area (Å²) < 4.78 is 7.46. The second-order valence-corrected chi connectivity index (χ2v) is 6.04. The van der Waals surface area contributed by atoms with Crippen LogP contribution in [0.5, 0.6) is 0 Å². The summed E-state index contributed by atoms with van der Waals surface area (Å²) in [6, 6.07) is 2.06. The topological polar surface area (TPSA) is 67.6 Å². The molecule has 1 aromatic heterocycles. The van der Waals surface area contributed by atoms with E-state index in [1.54, 1.807) is 0 Å². The van der Waals surface area contributed by atoms with Crippen LogP contribution in [0.2, 0.25) is 0 Å². The maximum atomic E-state index is 10.6. The summed E-state index contributed by atoms with van der Waals surface area (Å²) in [5.41, 5.74) is 2.11. The SMILES string of the molecule is O=C(O)CCc1cc2n(n1)CCN(CCC1CCOC1)C2. The molecular formula is C15H23N3O3. The van der Waals surface area contributed by atoms with E-state index in [1.807, 2.05) is 4.68 Å². The molecule has 0 radical (unpaired) electrons. The number of hydrogen-bond acceptors (Lipinski definition) is 4. The zero-order valence-corrected chi connectivity index (χ0v) is 12.3. The molecule has 3 rings (SSSR count). The first-order valence-corrected chi connectivity index (χ1v) is 7.78. The van der Waals surface area contributed by atoms with Crippen LogP contribution < -0.4 is 0 Å². The van der Waals surface area contributed by atoms with Crippen molar-refractivity contribution in [2.45, 2.75) is 38.8 Å². The smallest absolute Gasteiger partial charge is 0.303 e. The number of aliphatic carboxylic acids is 1. The monoisotopic (exact) mass is 293 g/mol. The number of rotatable bonds is 6. The number of nitrogens with zero attached hydrogens (tertiary/aromatic N) is 3. The van der Waals surface area contributed by atoms with Gasteiger partial charge in [-0.25, -0.2) is 0 Å². The molecule has 2 aliphatic rings. The van der Waals surface area contributed by atoms with Gasteiger partial charge in [0.25, 0.3) is 0 Å². The van der Waals surface area contributed by atoms with Crippen LogP contribution in [0.4, 0.5) is 0 Å². The van der Waals surface area contributed by atoms with E-state index in [0.29, 0.717) is 6.42 Å². The lowest BCUT2D eigenvalue weighted by Gasteiger charge is -2.28. The summed E-state index contributed by atoms with van der Waals surface area (Å²) >= 11 is 0. The molecule has 0 spiro atoms. The molecule has 1 saturated heterocycles. The van der Waals surface area contributed by atoms with Crippen molar-refractivity contribution in [3.8, 4) is 0 Å². The summed E-state index contributed by atoms with van der Waals surface area (Å²) in [6.45, 7) is 5.82. The second-order valence-electron chi connectivity index (χ2n) is 6.04. The summed E-state index contributed by atoms with van der Waals surface area (Å²) in [5, 5.41) is 13.2. The van der Waals surface area contributed by atoms with Gasteiger partial charge in [0.15, 0.2) is 0 Å². The fourth-order valence-electron chi connectivity index (χ4n) is 3.10. The number of carbonyl (C=O) groups is 1. The van der Waals surface area contributed by atoms with E-state index < -0.39 is 5.97 Å². The highest BCUT2D eigenvalue weighted by molar-refractivity contribution is 5.66. The molecule has 1 N–H and O–H groups in total. The lowest BCUT2D eigenvalue weighted by atomic mass is 10.0. The Morgan fingerprint density at radius 1 is 1.48 bits per heavy atom. The Bertz CT molecular complexity index is 494. The molecule has 1 atom stereocenters. The van der Waals surface area contributed by atoms with Crippen LogP contribution in [0.1, 0.15) is 30.7 Å². The first kappa shape index (κ1) is 14.5. The Balaban J connectivity index is 1.51. The van der Waals surface area contributed by atoms with E-state index in [0.717, 1.165) is 51.0 Å². The molecule has 6 nitrogen and oxygen atoms in total. The molecule has 1 aromatic rings. The van der Waals surface area contributed by atoms with E-state index in [1.165, 1.54) is 18.5 Å². The Morgan fingerprint density at radius 2 is 2.38 bits per heavy atom. The third-order valence-electron chi connectivity index (χ3n) is 4.40. The molecule has 1 unspecified atom stereocenters. The van der Waals surface area contributed by atoms with Crippen molar-refractivity contribution in [2.24, 2.45) is 5.92 Å². The zero-order chi connectivity index (χ0) is 14.7. The molecule has 6 heteroatoms. The van der Waals surface area contributed by atoms with Gasteiger partial charge >= 0.3 is 5.97 Å². The van der Waals surface area contributed by atoms with Crippen molar-refractivity contribution >= 4 is 5.97 Å². The predicted molar refractivity (Wildman–Crippen MR) is 77.0 cm³/mol. The maximum absolute atomic E-state index is 10.6. The number of aryl methyl sites for hydroxylation is 1. The lowest BCUT2D eigenvalue weighted by Crippen LogP contribution is -2.35. The molecule has 116 valence electrons. The average molecular weight is 293 g/mol. The van der Waals surface area contributed by atoms with E-state index in [-0.39, 0.29) is 6.42 Å². The number of fused-ring (bicyclic) bond motifs is 1. The molecule has 0 aliphatic carbocycles. The van der Waals surface area contributed by atoms with Gasteiger partial charge in [-0.15, -0.1) is 0 Å². The van der Waals surface area contributed by atoms with Crippen LogP contribution in [0.3, 0.4) is 0 Å². The zero-order valence-electron chi connectivity index (χ0n) is 12.3. The van der Waals surface area contributed by atoms with E-state index >= 15 is 0 Å². The number of carboxylic acid groups (broad SMARTS) is 1. The maximum Gasteiger partial charge on any atom is 0.303 e. The van der Waals surface area contributed by atoms with Gasteiger partial charge in [-0.2, -0.15) is 5.10 Å². The van der Waals surface area contributed by atoms with Crippen LogP contribution in [-0.2, 0) is 29.0 Å². The molecule has 0 aromatic carbocycles. The molecule has 3 heterocycles. The van der Waals surface area contributed by atoms with Crippen molar-refractivity contribution in [2.75, 3.05) is 26.3 Å². The number of ether oxygens (including phenoxy) is 1. The minimum absolute atomic E-state index is 0.155. The normalized spacial score (nSPS) is 22.4. The highest BCUT2D eigenvalue weighted by Gasteiger charge is 2.21. The Kier molecular flexibility index (Phi) is 4.55. The summed E-state index contributed by atoms with van der Waals surface area (Å²) in [7, 11) is 0. The van der Waals surface area contributed by atoms with Crippen molar-refractivity contribution in [3.05, 3.63) is 17.5 Å². The van der Waals surface area contributed by atoms with Gasteiger partial charge in [0.2, 0.25) is 0 Å². The molecular weight excluding hydrogens is 270 g/mol. The summed E-state index contributed by atoms with van der Waals surface area (Å²) in [6.07, 6.45) is 3.09. The molecule has 0 bridgehead atoms. The molecule has 21 heavy (non-hydrogen) atoms. The number of carboxylic acids is 1. The Hall–Kier alpha value is -1.40. The van der Waals surface area contributed by atoms with Gasteiger partial charge in [-0.05, 0) is 31.4 Å². The van der Waals surface area contributed by atoms with Crippen LogP contribution in [0.15, 0.2) is 6.07 Å². The second kappa shape index (κ2) is 6.58. The first-order chi connectivity index (χ1) is 10.2. The van der Waals surface area contributed by atoms with Crippen molar-refractivity contribution < 1.29 is 14.6 Å². The van der Waals surface area contributed by atoms with Crippen molar-refractivity contribution in [3.63, 3.8) is 0 Å². The first-order valence-electron chi connectivity index (χ1n) is 7.78. The number of aromatic nitrogens is 2. The standard InChI is InChI=1S/C15H23N3O3/c19-15(20)2-1-13-9-14-10-17(6-7-18(14)16-13)5-3-12-4-8-21-11-12/h9,12H,1-8,10-11H2,(H,19,20). The molecule has 1 fully saturated rings. The van der Waals surface area contributed by atoms with Crippen molar-refractivity contribution in [1.82, 2.24) is 14.7 Å². The summed E-state index contributed by atoms with van der Waals surface area (Å²) in [4.78, 5) is 13.1. The largest absolute Gasteiger partial charge is 0.481 e. The third kappa shape index (κ3) is 3.83. The van der Waals surface area contributed by atoms with Gasteiger partial charge in [-0.1, -0.05) is 0 Å². The quantitative estimate of drug-likeness (QED) is 0.852. The van der Waals surface area contributed by atoms with Gasteiger partial charge in [-0.3, -0.25) is 14.4 Å². The van der Waals surface area contributed by atoms with Crippen LogP contribution in [0, 0.1) is 5.92 Å². The van der Waals surface area contributed by atoms with Crippen molar-refractivity contribution in [1.29, 1.82) is 0 Å². The minimum Gasteiger partial charge on any atom is -0.481 e. The fraction of sp³-hybridized carbons (Fsp3) is 0.733. The van der Waals surface area contributed by atoms with Crippen LogP contribution in [-0.4, -0.2) is 52.1 Å². The van der Waals surface area contributed by atoms with Crippen LogP contribution in [0.25, 0.3) is 0 Å². The molecule has 0 amide bonds.